The lowest BCUT2D eigenvalue weighted by atomic mass is 9.91. The van der Waals surface area contributed by atoms with Crippen molar-refractivity contribution in [3.05, 3.63) is 24.3 Å². The molecule has 0 aromatic heterocycles. The highest BCUT2D eigenvalue weighted by Crippen LogP contribution is 2.22. The molecule has 0 aromatic carbocycles. The first-order valence-electron chi connectivity index (χ1n) is 3.10. The molecule has 0 heterocycles. The van der Waals surface area contributed by atoms with Gasteiger partial charge in [-0.15, -0.1) is 0 Å². The maximum Gasteiger partial charge on any atom is 0.0313 e. The zero-order valence-corrected chi connectivity index (χ0v) is 5.38. The standard InChI is InChI=1S/C7H12N2/c8-5-7(6-9)3-1-2-4-7/h1-4H,5-6,8-9H2. The van der Waals surface area contributed by atoms with Gasteiger partial charge in [0.25, 0.3) is 0 Å². The second-order valence-corrected chi connectivity index (χ2v) is 2.36. The SMILES string of the molecule is NCC1(CN)C=CC=C1. The van der Waals surface area contributed by atoms with E-state index in [9.17, 15) is 0 Å². The van der Waals surface area contributed by atoms with E-state index >= 15 is 0 Å². The molecule has 0 bridgehead atoms. The molecule has 0 aromatic rings. The molecule has 0 atom stereocenters. The van der Waals surface area contributed by atoms with Gasteiger partial charge in [0.05, 0.1) is 0 Å². The topological polar surface area (TPSA) is 52.0 Å². The fourth-order valence-electron chi connectivity index (χ4n) is 0.905. The summed E-state index contributed by atoms with van der Waals surface area (Å²) in [5, 5.41) is 0. The zero-order valence-electron chi connectivity index (χ0n) is 5.38. The van der Waals surface area contributed by atoms with Gasteiger partial charge in [0.2, 0.25) is 0 Å². The van der Waals surface area contributed by atoms with E-state index < -0.39 is 0 Å². The molecule has 0 aliphatic heterocycles. The van der Waals surface area contributed by atoms with Gasteiger partial charge < -0.3 is 11.5 Å². The first-order valence-corrected chi connectivity index (χ1v) is 3.10. The molecule has 1 aliphatic rings. The number of rotatable bonds is 2. The molecule has 2 heteroatoms. The Bertz CT molecular complexity index is 129. The Balaban J connectivity index is 2.69. The van der Waals surface area contributed by atoms with Crippen LogP contribution in [0.1, 0.15) is 0 Å². The summed E-state index contributed by atoms with van der Waals surface area (Å²) in [5.74, 6) is 0. The summed E-state index contributed by atoms with van der Waals surface area (Å²) < 4.78 is 0. The van der Waals surface area contributed by atoms with Crippen LogP contribution in [0.4, 0.5) is 0 Å². The van der Waals surface area contributed by atoms with Gasteiger partial charge >= 0.3 is 0 Å². The van der Waals surface area contributed by atoms with Crippen LogP contribution in [0.5, 0.6) is 0 Å². The van der Waals surface area contributed by atoms with Gasteiger partial charge in [-0.1, -0.05) is 24.3 Å². The highest BCUT2D eigenvalue weighted by Gasteiger charge is 2.21. The van der Waals surface area contributed by atoms with E-state index in [1.165, 1.54) is 0 Å². The van der Waals surface area contributed by atoms with E-state index in [0.717, 1.165) is 0 Å². The third-order valence-electron chi connectivity index (χ3n) is 1.73. The molecule has 0 spiro atoms. The molecule has 1 aliphatic carbocycles. The van der Waals surface area contributed by atoms with E-state index in [1.807, 2.05) is 24.3 Å². The fraction of sp³-hybridized carbons (Fsp3) is 0.429. The van der Waals surface area contributed by atoms with Crippen LogP contribution < -0.4 is 11.5 Å². The van der Waals surface area contributed by atoms with Gasteiger partial charge in [0, 0.05) is 18.5 Å². The van der Waals surface area contributed by atoms with Crippen molar-refractivity contribution in [2.24, 2.45) is 16.9 Å². The maximum atomic E-state index is 5.50. The lowest BCUT2D eigenvalue weighted by Gasteiger charge is -2.19. The zero-order chi connectivity index (χ0) is 6.74. The first-order chi connectivity index (χ1) is 4.33. The predicted octanol–water partition coefficient (Wildman–Crippen LogP) is 0.0162. The summed E-state index contributed by atoms with van der Waals surface area (Å²) in [6, 6.07) is 0. The minimum atomic E-state index is -0.0278. The van der Waals surface area contributed by atoms with Crippen LogP contribution in [0.25, 0.3) is 0 Å². The van der Waals surface area contributed by atoms with Crippen molar-refractivity contribution < 1.29 is 0 Å². The number of hydrogen-bond acceptors (Lipinski definition) is 2. The normalized spacial score (nSPS) is 21.1. The van der Waals surface area contributed by atoms with Crippen molar-refractivity contribution >= 4 is 0 Å². The Morgan fingerprint density at radius 3 is 1.67 bits per heavy atom. The van der Waals surface area contributed by atoms with Gasteiger partial charge in [-0.2, -0.15) is 0 Å². The molecule has 0 radical (unpaired) electrons. The molecule has 0 saturated carbocycles. The summed E-state index contributed by atoms with van der Waals surface area (Å²) in [6.07, 6.45) is 8.07. The van der Waals surface area contributed by atoms with Gasteiger partial charge in [-0.05, 0) is 0 Å². The molecule has 9 heavy (non-hydrogen) atoms. The monoisotopic (exact) mass is 124 g/mol. The third kappa shape index (κ3) is 1.04. The van der Waals surface area contributed by atoms with Crippen LogP contribution >= 0.6 is 0 Å². The van der Waals surface area contributed by atoms with Gasteiger partial charge in [0.15, 0.2) is 0 Å². The van der Waals surface area contributed by atoms with Crippen molar-refractivity contribution in [2.75, 3.05) is 13.1 Å². The van der Waals surface area contributed by atoms with E-state index in [-0.39, 0.29) is 5.41 Å². The van der Waals surface area contributed by atoms with E-state index in [2.05, 4.69) is 0 Å². The molecule has 4 N–H and O–H groups in total. The molecule has 0 fully saturated rings. The molecule has 0 unspecified atom stereocenters. The Kier molecular flexibility index (Phi) is 1.69. The van der Waals surface area contributed by atoms with E-state index in [0.29, 0.717) is 13.1 Å². The highest BCUT2D eigenvalue weighted by atomic mass is 14.7. The van der Waals surface area contributed by atoms with Crippen LogP contribution in [-0.4, -0.2) is 13.1 Å². The van der Waals surface area contributed by atoms with Crippen LogP contribution in [0, 0.1) is 5.41 Å². The lowest BCUT2D eigenvalue weighted by Crippen LogP contribution is -2.33. The minimum Gasteiger partial charge on any atom is -0.329 e. The summed E-state index contributed by atoms with van der Waals surface area (Å²) in [5.41, 5.74) is 11.0. The van der Waals surface area contributed by atoms with Crippen LogP contribution in [0.15, 0.2) is 24.3 Å². The lowest BCUT2D eigenvalue weighted by molar-refractivity contribution is 0.526. The average Bonchev–Trinajstić information content (AvgIpc) is 2.36. The Morgan fingerprint density at radius 1 is 1.00 bits per heavy atom. The predicted molar refractivity (Wildman–Crippen MR) is 38.8 cm³/mol. The summed E-state index contributed by atoms with van der Waals surface area (Å²) in [7, 11) is 0. The highest BCUT2D eigenvalue weighted by molar-refractivity contribution is 5.25. The van der Waals surface area contributed by atoms with Crippen molar-refractivity contribution in [3.8, 4) is 0 Å². The van der Waals surface area contributed by atoms with Crippen molar-refractivity contribution in [3.63, 3.8) is 0 Å². The molecule has 0 saturated heterocycles. The van der Waals surface area contributed by atoms with E-state index in [1.54, 1.807) is 0 Å². The van der Waals surface area contributed by atoms with E-state index in [4.69, 9.17) is 11.5 Å². The van der Waals surface area contributed by atoms with Crippen molar-refractivity contribution in [1.82, 2.24) is 0 Å². The quantitative estimate of drug-likeness (QED) is 0.545. The second-order valence-electron chi connectivity index (χ2n) is 2.36. The fourth-order valence-corrected chi connectivity index (χ4v) is 0.905. The summed E-state index contributed by atoms with van der Waals surface area (Å²) >= 11 is 0. The molecule has 1 rings (SSSR count). The Hall–Kier alpha value is -0.600. The van der Waals surface area contributed by atoms with Crippen LogP contribution in [0.2, 0.25) is 0 Å². The summed E-state index contributed by atoms with van der Waals surface area (Å²) in [4.78, 5) is 0. The number of allylic oxidation sites excluding steroid dienone is 2. The van der Waals surface area contributed by atoms with Crippen molar-refractivity contribution in [2.45, 2.75) is 0 Å². The number of nitrogens with two attached hydrogens (primary N) is 2. The van der Waals surface area contributed by atoms with Gasteiger partial charge in [-0.25, -0.2) is 0 Å². The summed E-state index contributed by atoms with van der Waals surface area (Å²) in [6.45, 7) is 1.22. The van der Waals surface area contributed by atoms with Gasteiger partial charge in [0.1, 0.15) is 0 Å². The second kappa shape index (κ2) is 2.33. The first kappa shape index (κ1) is 6.52. The third-order valence-corrected chi connectivity index (χ3v) is 1.73. The number of hydrogen-bond donors (Lipinski definition) is 2. The Labute approximate surface area is 55.2 Å². The average molecular weight is 124 g/mol. The van der Waals surface area contributed by atoms with Crippen molar-refractivity contribution in [1.29, 1.82) is 0 Å². The smallest absolute Gasteiger partial charge is 0.0313 e. The molecule has 50 valence electrons. The minimum absolute atomic E-state index is 0.0278. The molecule has 0 amide bonds. The molecular weight excluding hydrogens is 112 g/mol. The Morgan fingerprint density at radius 2 is 1.44 bits per heavy atom. The largest absolute Gasteiger partial charge is 0.329 e. The molecular formula is C7H12N2. The maximum absolute atomic E-state index is 5.50. The van der Waals surface area contributed by atoms with Crippen LogP contribution in [0.3, 0.4) is 0 Å². The molecule has 2 nitrogen and oxygen atoms in total. The van der Waals surface area contributed by atoms with Gasteiger partial charge in [-0.3, -0.25) is 0 Å². The van der Waals surface area contributed by atoms with Crippen LogP contribution in [-0.2, 0) is 0 Å².